The van der Waals surface area contributed by atoms with Crippen molar-refractivity contribution in [2.24, 2.45) is 0 Å². The summed E-state index contributed by atoms with van der Waals surface area (Å²) in [6, 6.07) is 13.6. The molecule has 0 saturated carbocycles. The highest BCUT2D eigenvalue weighted by atomic mass is 35.5. The number of benzene rings is 3. The van der Waals surface area contributed by atoms with Crippen molar-refractivity contribution < 1.29 is 22.6 Å². The van der Waals surface area contributed by atoms with E-state index in [2.05, 4.69) is 15.0 Å². The summed E-state index contributed by atoms with van der Waals surface area (Å²) in [7, 11) is 1.49. The van der Waals surface area contributed by atoms with Gasteiger partial charge in [-0.25, -0.2) is 0 Å². The number of aromatic nitrogens is 1. The Morgan fingerprint density at radius 1 is 0.967 bits per heavy atom. The van der Waals surface area contributed by atoms with Crippen LogP contribution in [0.5, 0.6) is 11.5 Å². The van der Waals surface area contributed by atoms with E-state index >= 15 is 0 Å². The Balaban J connectivity index is 1.73. The predicted molar refractivity (Wildman–Crippen MR) is 110 cm³/mol. The smallest absolute Gasteiger partial charge is 0.495 e. The number of fused-ring (bicyclic) bond motifs is 2. The van der Waals surface area contributed by atoms with Gasteiger partial charge in [-0.05, 0) is 36.4 Å². The molecule has 0 amide bonds. The molecule has 0 aliphatic carbocycles. The number of H-pyrrole nitrogens is 1. The van der Waals surface area contributed by atoms with Crippen LogP contribution in [0.3, 0.4) is 0 Å². The number of pyridine rings is 1. The molecule has 0 fully saturated rings. The van der Waals surface area contributed by atoms with Crippen LogP contribution in [-0.2, 0) is 0 Å². The molecule has 4 rings (SSSR count). The highest BCUT2D eigenvalue weighted by molar-refractivity contribution is 6.32. The van der Waals surface area contributed by atoms with Gasteiger partial charge in [0.05, 0.1) is 17.6 Å². The molecular formula is C21H14ClF3N2O3. The fraction of sp³-hybridized carbons (Fsp3) is 0.0952. The lowest BCUT2D eigenvalue weighted by atomic mass is 10.1. The third kappa shape index (κ3) is 3.99. The predicted octanol–water partition coefficient (Wildman–Crippen LogP) is 5.99. The monoisotopic (exact) mass is 434 g/mol. The van der Waals surface area contributed by atoms with Crippen LogP contribution in [0.15, 0.2) is 59.4 Å². The van der Waals surface area contributed by atoms with Crippen molar-refractivity contribution in [3.8, 4) is 11.5 Å². The second-order valence-corrected chi connectivity index (χ2v) is 6.85. The van der Waals surface area contributed by atoms with Crippen LogP contribution >= 0.6 is 11.6 Å². The zero-order valence-corrected chi connectivity index (χ0v) is 16.2. The Kier molecular flexibility index (Phi) is 4.95. The Morgan fingerprint density at radius 2 is 1.70 bits per heavy atom. The first-order valence-corrected chi connectivity index (χ1v) is 9.07. The number of hydrogen-bond donors (Lipinski definition) is 2. The first-order valence-electron chi connectivity index (χ1n) is 8.69. The van der Waals surface area contributed by atoms with Gasteiger partial charge in [0.2, 0.25) is 0 Å². The zero-order chi connectivity index (χ0) is 21.5. The van der Waals surface area contributed by atoms with Crippen LogP contribution in [0.4, 0.5) is 24.5 Å². The quantitative estimate of drug-likeness (QED) is 0.387. The molecule has 0 saturated heterocycles. The van der Waals surface area contributed by atoms with Gasteiger partial charge in [-0.1, -0.05) is 17.7 Å². The van der Waals surface area contributed by atoms with Crippen molar-refractivity contribution in [1.29, 1.82) is 0 Å². The molecule has 0 radical (unpaired) electrons. The first kappa shape index (κ1) is 19.9. The highest BCUT2D eigenvalue weighted by Gasteiger charge is 2.31. The summed E-state index contributed by atoms with van der Waals surface area (Å²) < 4.78 is 46.4. The third-order valence-electron chi connectivity index (χ3n) is 4.43. The van der Waals surface area contributed by atoms with Crippen LogP contribution < -0.4 is 20.2 Å². The summed E-state index contributed by atoms with van der Waals surface area (Å²) in [5.41, 5.74) is 1.83. The second kappa shape index (κ2) is 7.46. The Labute approximate surface area is 173 Å². The van der Waals surface area contributed by atoms with Gasteiger partial charge < -0.3 is 19.8 Å². The van der Waals surface area contributed by atoms with Gasteiger partial charge in [0, 0.05) is 39.8 Å². The zero-order valence-electron chi connectivity index (χ0n) is 15.4. The lowest BCUT2D eigenvalue weighted by Crippen LogP contribution is -2.17. The van der Waals surface area contributed by atoms with Crippen LogP contribution in [0.2, 0.25) is 5.02 Å². The summed E-state index contributed by atoms with van der Waals surface area (Å²) in [5.74, 6) is 0.0964. The maximum absolute atomic E-state index is 13.0. The lowest BCUT2D eigenvalue weighted by molar-refractivity contribution is -0.274. The molecule has 1 heterocycles. The molecule has 0 bridgehead atoms. The van der Waals surface area contributed by atoms with Crippen molar-refractivity contribution in [1.82, 2.24) is 4.98 Å². The molecule has 0 atom stereocenters. The number of rotatable bonds is 4. The number of halogens is 4. The normalized spacial score (nSPS) is 11.6. The van der Waals surface area contributed by atoms with E-state index in [0.717, 1.165) is 0 Å². The molecule has 0 spiro atoms. The minimum atomic E-state index is -4.78. The molecule has 0 unspecified atom stereocenters. The molecule has 5 nitrogen and oxygen atoms in total. The molecular weight excluding hydrogens is 421 g/mol. The average Bonchev–Trinajstić information content (AvgIpc) is 2.68. The van der Waals surface area contributed by atoms with Crippen LogP contribution in [0.1, 0.15) is 0 Å². The SMILES string of the molecule is COc1cc2[nH]c3ccc(Nc4cccc(OC(F)(F)F)c4)cc3c(=O)c2cc1Cl. The van der Waals surface area contributed by atoms with Gasteiger partial charge in [-0.3, -0.25) is 4.79 Å². The number of ether oxygens (including phenoxy) is 2. The molecule has 3 aromatic carbocycles. The van der Waals surface area contributed by atoms with Gasteiger partial charge in [0.15, 0.2) is 5.43 Å². The number of alkyl halides is 3. The van der Waals surface area contributed by atoms with Crippen molar-refractivity contribution in [3.05, 3.63) is 69.8 Å². The molecule has 0 aliphatic rings. The second-order valence-electron chi connectivity index (χ2n) is 6.45. The molecule has 2 N–H and O–H groups in total. The van der Waals surface area contributed by atoms with Gasteiger partial charge in [0.25, 0.3) is 0 Å². The number of aromatic amines is 1. The van der Waals surface area contributed by atoms with E-state index in [1.54, 1.807) is 30.3 Å². The van der Waals surface area contributed by atoms with Gasteiger partial charge in [0.1, 0.15) is 11.5 Å². The van der Waals surface area contributed by atoms with Crippen molar-refractivity contribution in [3.63, 3.8) is 0 Å². The minimum Gasteiger partial charge on any atom is -0.495 e. The third-order valence-corrected chi connectivity index (χ3v) is 4.72. The van der Waals surface area contributed by atoms with E-state index in [4.69, 9.17) is 16.3 Å². The molecule has 154 valence electrons. The van der Waals surface area contributed by atoms with Crippen molar-refractivity contribution >= 4 is 44.8 Å². The van der Waals surface area contributed by atoms with E-state index in [-0.39, 0.29) is 11.2 Å². The summed E-state index contributed by atoms with van der Waals surface area (Å²) >= 11 is 6.14. The fourth-order valence-electron chi connectivity index (χ4n) is 3.15. The van der Waals surface area contributed by atoms with E-state index < -0.39 is 6.36 Å². The van der Waals surface area contributed by atoms with E-state index in [1.165, 1.54) is 31.4 Å². The molecule has 9 heteroatoms. The van der Waals surface area contributed by atoms with Gasteiger partial charge in [-0.15, -0.1) is 13.2 Å². The highest BCUT2D eigenvalue weighted by Crippen LogP contribution is 2.30. The van der Waals surface area contributed by atoms with Crippen LogP contribution in [0, 0.1) is 0 Å². The standard InChI is InChI=1S/C21H14ClF3N2O3/c1-29-19-10-18-15(9-16(19)22)20(28)14-8-12(5-6-17(14)27-18)26-11-3-2-4-13(7-11)30-21(23,24)25/h2-10,26H,1H3,(H,27,28). The summed E-state index contributed by atoms with van der Waals surface area (Å²) in [6.45, 7) is 0. The lowest BCUT2D eigenvalue weighted by Gasteiger charge is -2.12. The van der Waals surface area contributed by atoms with E-state index in [1.807, 2.05) is 0 Å². The number of hydrogen-bond acceptors (Lipinski definition) is 4. The van der Waals surface area contributed by atoms with Crippen LogP contribution in [0.25, 0.3) is 21.8 Å². The van der Waals surface area contributed by atoms with Gasteiger partial charge in [-0.2, -0.15) is 0 Å². The molecule has 4 aromatic rings. The van der Waals surface area contributed by atoms with E-state index in [0.29, 0.717) is 44.0 Å². The summed E-state index contributed by atoms with van der Waals surface area (Å²) in [4.78, 5) is 16.1. The maximum atomic E-state index is 13.0. The van der Waals surface area contributed by atoms with E-state index in [9.17, 15) is 18.0 Å². The number of nitrogens with one attached hydrogen (secondary N) is 2. The number of anilines is 2. The minimum absolute atomic E-state index is 0.235. The molecule has 1 aromatic heterocycles. The first-order chi connectivity index (χ1) is 14.2. The number of methoxy groups -OCH3 is 1. The summed E-state index contributed by atoms with van der Waals surface area (Å²) in [6.07, 6.45) is -4.78. The maximum Gasteiger partial charge on any atom is 0.573 e. The fourth-order valence-corrected chi connectivity index (χ4v) is 3.39. The topological polar surface area (TPSA) is 63.4 Å². The summed E-state index contributed by atoms with van der Waals surface area (Å²) in [5, 5.41) is 4.09. The van der Waals surface area contributed by atoms with Crippen LogP contribution in [-0.4, -0.2) is 18.5 Å². The van der Waals surface area contributed by atoms with Crippen molar-refractivity contribution in [2.45, 2.75) is 6.36 Å². The Hall–Kier alpha value is -3.39. The molecule has 30 heavy (non-hydrogen) atoms. The van der Waals surface area contributed by atoms with Gasteiger partial charge >= 0.3 is 6.36 Å². The van der Waals surface area contributed by atoms with Crippen molar-refractivity contribution in [2.75, 3.05) is 12.4 Å². The average molecular weight is 435 g/mol. The molecule has 0 aliphatic heterocycles. The Morgan fingerprint density at radius 3 is 2.43 bits per heavy atom. The largest absolute Gasteiger partial charge is 0.573 e. The Bertz CT molecular complexity index is 1320.